The van der Waals surface area contributed by atoms with Crippen molar-refractivity contribution in [3.63, 3.8) is 0 Å². The molecule has 134 valence electrons. The Hall–Kier alpha value is -1.82. The van der Waals surface area contributed by atoms with Crippen LogP contribution in [0.15, 0.2) is 23.7 Å². The molecule has 0 bridgehead atoms. The number of rotatable bonds is 10. The van der Waals surface area contributed by atoms with Gasteiger partial charge in [-0.2, -0.15) is 5.26 Å². The molecular weight excluding hydrogens is 326 g/mol. The summed E-state index contributed by atoms with van der Waals surface area (Å²) in [6.45, 7) is 11.8. The first-order valence-electron chi connectivity index (χ1n) is 8.05. The zero-order chi connectivity index (χ0) is 18.3. The van der Waals surface area contributed by atoms with Crippen LogP contribution in [-0.4, -0.2) is 39.2 Å². The zero-order valence-corrected chi connectivity index (χ0v) is 15.9. The number of hydrogen-bond donors (Lipinski definition) is 0. The summed E-state index contributed by atoms with van der Waals surface area (Å²) in [6.07, 6.45) is 7.53. The first-order valence-corrected chi connectivity index (χ1v) is 9.99. The average Bonchev–Trinajstić information content (AvgIpc) is 3.03. The van der Waals surface area contributed by atoms with Crippen LogP contribution >= 0.6 is 0 Å². The summed E-state index contributed by atoms with van der Waals surface area (Å²) < 4.78 is 21.8. The fourth-order valence-electron chi connectivity index (χ4n) is 2.05. The second-order valence-electron chi connectivity index (χ2n) is 4.53. The number of nitriles is 1. The van der Waals surface area contributed by atoms with Crippen molar-refractivity contribution in [2.24, 2.45) is 4.99 Å². The minimum atomic E-state index is -2.51. The molecule has 9 heteroatoms. The first-order chi connectivity index (χ1) is 11.6. The standard InChI is InChI=1S/C13H27N2O3Si.C2N3/c1-5-14-9-10-15(13-14)11-12-19(16-6-2,17-7-3)18-8-4;3-1-5-2-4/h9-10,13H,5-8,11-12H2,1-4H3;/q+1;-1. The predicted octanol–water partition coefficient (Wildman–Crippen LogP) is 2.05. The third kappa shape index (κ3) is 8.72. The first kappa shape index (κ1) is 22.2. The van der Waals surface area contributed by atoms with Crippen molar-refractivity contribution in [2.75, 3.05) is 19.8 Å². The molecular formula is C15H27N5O3Si. The van der Waals surface area contributed by atoms with Gasteiger partial charge < -0.3 is 23.7 Å². The average molecular weight is 353 g/mol. The molecule has 0 fully saturated rings. The summed E-state index contributed by atoms with van der Waals surface area (Å²) in [5, 5.41) is 14.9. The highest BCUT2D eigenvalue weighted by molar-refractivity contribution is 6.60. The normalized spacial score (nSPS) is 10.3. The summed E-state index contributed by atoms with van der Waals surface area (Å²) in [7, 11) is -2.51. The van der Waals surface area contributed by atoms with Gasteiger partial charge in [0.15, 0.2) is 0 Å². The van der Waals surface area contributed by atoms with Gasteiger partial charge >= 0.3 is 8.80 Å². The molecule has 0 saturated carbocycles. The van der Waals surface area contributed by atoms with Crippen LogP contribution in [0.1, 0.15) is 27.7 Å². The maximum Gasteiger partial charge on any atom is 0.504 e. The molecule has 0 aliphatic heterocycles. The number of aromatic nitrogens is 2. The van der Waals surface area contributed by atoms with Crippen LogP contribution in [-0.2, 0) is 26.4 Å². The van der Waals surface area contributed by atoms with Crippen LogP contribution in [0.5, 0.6) is 0 Å². The third-order valence-electron chi connectivity index (χ3n) is 2.98. The molecule has 1 aromatic rings. The van der Waals surface area contributed by atoms with Crippen molar-refractivity contribution in [3.05, 3.63) is 24.1 Å². The smallest absolute Gasteiger partial charge is 0.422 e. The summed E-state index contributed by atoms with van der Waals surface area (Å²) in [5.41, 5.74) is 0. The van der Waals surface area contributed by atoms with E-state index >= 15 is 0 Å². The molecule has 0 spiro atoms. The van der Waals surface area contributed by atoms with Gasteiger partial charge in [-0.25, -0.2) is 9.13 Å². The van der Waals surface area contributed by atoms with Gasteiger partial charge in [-0.1, -0.05) is 0 Å². The van der Waals surface area contributed by atoms with Crippen LogP contribution in [0.2, 0.25) is 6.04 Å². The second kappa shape index (κ2) is 13.6. The van der Waals surface area contributed by atoms with Gasteiger partial charge in [0.1, 0.15) is 12.4 Å². The maximum atomic E-state index is 7.43. The molecule has 0 atom stereocenters. The van der Waals surface area contributed by atoms with Crippen LogP contribution in [0.25, 0.3) is 5.41 Å². The van der Waals surface area contributed by atoms with Crippen molar-refractivity contribution in [1.29, 1.82) is 5.26 Å². The lowest BCUT2D eigenvalue weighted by Crippen LogP contribution is -2.49. The molecule has 0 radical (unpaired) electrons. The Morgan fingerprint density at radius 3 is 2.08 bits per heavy atom. The van der Waals surface area contributed by atoms with E-state index < -0.39 is 8.80 Å². The van der Waals surface area contributed by atoms with Gasteiger partial charge in [-0.05, 0) is 27.7 Å². The summed E-state index contributed by atoms with van der Waals surface area (Å²) in [5.74, 6) is 0. The molecule has 0 saturated heterocycles. The lowest BCUT2D eigenvalue weighted by molar-refractivity contribution is -0.693. The van der Waals surface area contributed by atoms with Gasteiger partial charge in [-0.3, -0.25) is 0 Å². The quantitative estimate of drug-likeness (QED) is 0.278. The molecule has 0 amide bonds. The van der Waals surface area contributed by atoms with E-state index in [9.17, 15) is 0 Å². The maximum absolute atomic E-state index is 7.43. The van der Waals surface area contributed by atoms with E-state index in [0.717, 1.165) is 19.1 Å². The zero-order valence-electron chi connectivity index (χ0n) is 14.9. The topological polar surface area (TPSA) is 95.0 Å². The minimum absolute atomic E-state index is 0.632. The SMILES string of the molecule is CCO[Si](CC[n+]1ccn(CC)c1)(OCC)OCC.N#CN=C=[N-]. The highest BCUT2D eigenvalue weighted by Crippen LogP contribution is 2.15. The van der Waals surface area contributed by atoms with Crippen LogP contribution in [0, 0.1) is 11.5 Å². The Balaban J connectivity index is 0.000000922. The molecule has 0 aliphatic rings. The van der Waals surface area contributed by atoms with Gasteiger partial charge in [0.2, 0.25) is 6.33 Å². The van der Waals surface area contributed by atoms with Crippen molar-refractivity contribution in [1.82, 2.24) is 4.57 Å². The van der Waals surface area contributed by atoms with E-state index in [2.05, 4.69) is 39.8 Å². The molecule has 0 aromatic carbocycles. The lowest BCUT2D eigenvalue weighted by atomic mass is 10.7. The van der Waals surface area contributed by atoms with Crippen molar-refractivity contribution in [3.8, 4) is 6.19 Å². The number of nitrogens with zero attached hydrogens (tertiary/aromatic N) is 5. The molecule has 8 nitrogen and oxygen atoms in total. The molecule has 1 aromatic heterocycles. The fourth-order valence-corrected chi connectivity index (χ4v) is 4.58. The molecule has 1 rings (SSSR count). The number of aryl methyl sites for hydroxylation is 2. The van der Waals surface area contributed by atoms with Crippen molar-refractivity contribution in [2.45, 2.75) is 46.8 Å². The van der Waals surface area contributed by atoms with Crippen LogP contribution < -0.4 is 4.57 Å². The third-order valence-corrected chi connectivity index (χ3v) is 6.00. The number of imidazole rings is 1. The minimum Gasteiger partial charge on any atom is -0.422 e. The Morgan fingerprint density at radius 2 is 1.75 bits per heavy atom. The molecule has 0 unspecified atom stereocenters. The Bertz CT molecular complexity index is 520. The predicted molar refractivity (Wildman–Crippen MR) is 92.1 cm³/mol. The van der Waals surface area contributed by atoms with E-state index in [1.165, 1.54) is 12.2 Å². The molecule has 0 aliphatic carbocycles. The summed E-state index contributed by atoms with van der Waals surface area (Å²) in [4.78, 5) is 2.58. The number of aliphatic imine (C=N–C) groups is 1. The monoisotopic (exact) mass is 353 g/mol. The highest BCUT2D eigenvalue weighted by atomic mass is 28.4. The van der Waals surface area contributed by atoms with Gasteiger partial charge in [-0.15, -0.1) is 6.01 Å². The summed E-state index contributed by atoms with van der Waals surface area (Å²) in [6, 6.07) is 2.09. The van der Waals surface area contributed by atoms with Crippen molar-refractivity contribution >= 4 is 14.8 Å². The Kier molecular flexibility index (Phi) is 12.6. The lowest BCUT2D eigenvalue weighted by Gasteiger charge is -2.27. The van der Waals surface area contributed by atoms with Crippen LogP contribution in [0.3, 0.4) is 0 Å². The van der Waals surface area contributed by atoms with E-state index in [1.54, 1.807) is 0 Å². The van der Waals surface area contributed by atoms with Crippen LogP contribution in [0.4, 0.5) is 0 Å². The largest absolute Gasteiger partial charge is 0.504 e. The van der Waals surface area contributed by atoms with Gasteiger partial charge in [0.25, 0.3) is 0 Å². The molecule has 1 heterocycles. The Morgan fingerprint density at radius 1 is 1.17 bits per heavy atom. The van der Waals surface area contributed by atoms with Crippen molar-refractivity contribution < 1.29 is 17.8 Å². The van der Waals surface area contributed by atoms with Gasteiger partial charge in [0.05, 0.1) is 25.3 Å². The van der Waals surface area contributed by atoms with E-state index in [1.807, 2.05) is 20.8 Å². The number of hydrogen-bond acceptors (Lipinski definition) is 5. The van der Waals surface area contributed by atoms with E-state index in [0.29, 0.717) is 19.8 Å². The molecule has 0 N–H and O–H groups in total. The summed E-state index contributed by atoms with van der Waals surface area (Å²) >= 11 is 0. The molecule has 24 heavy (non-hydrogen) atoms. The van der Waals surface area contributed by atoms with Gasteiger partial charge in [0, 0.05) is 19.8 Å². The highest BCUT2D eigenvalue weighted by Gasteiger charge is 2.40. The fraction of sp³-hybridized carbons (Fsp3) is 0.667. The van der Waals surface area contributed by atoms with E-state index in [4.69, 9.17) is 23.9 Å². The Labute approximate surface area is 145 Å². The van der Waals surface area contributed by atoms with E-state index in [-0.39, 0.29) is 0 Å². The second-order valence-corrected chi connectivity index (χ2v) is 7.26.